The smallest absolute Gasteiger partial charge is 0.294 e. The summed E-state index contributed by atoms with van der Waals surface area (Å²) in [5.41, 5.74) is -11.6. The topological polar surface area (TPSA) is 344 Å². The van der Waals surface area contributed by atoms with Crippen molar-refractivity contribution in [1.29, 1.82) is 0 Å². The lowest BCUT2D eigenvalue weighted by Gasteiger charge is -2.67. The molecule has 1 aliphatic carbocycles. The predicted molar refractivity (Wildman–Crippen MR) is 90.7 cm³/mol. The van der Waals surface area contributed by atoms with Crippen LogP contribution in [0.1, 0.15) is 33.6 Å². The molecule has 0 aliphatic heterocycles. The highest BCUT2D eigenvalue weighted by molar-refractivity contribution is 5.25. The molecule has 0 aromatic carbocycles. The van der Waals surface area contributed by atoms with Crippen LogP contribution in [-0.2, 0) is 0 Å². The number of rotatable bonds is 6. The first-order chi connectivity index (χ1) is 13.5. The van der Waals surface area contributed by atoms with Gasteiger partial charge in [-0.2, -0.15) is 0 Å². The number of aliphatic hydroxyl groups is 17. The average molecular weight is 482 g/mol. The fraction of sp³-hybridized carbons (Fsp3) is 1.00. The Balaban J connectivity index is 4.06. The molecule has 0 bridgehead atoms. The van der Waals surface area contributed by atoms with Gasteiger partial charge in [0.2, 0.25) is 5.79 Å². The molecule has 0 aromatic rings. The standard InChI is InChI=1S/C15H30O17/c1-4-8(5-9(17,18)6(2,14(27,28)29)15(30,31)32)7(3,16)10(19,20)12(23,24)13(25,26)11(8,21)22/h16-32H,4-5H2,1-3H3. The van der Waals surface area contributed by atoms with E-state index in [1.807, 2.05) is 0 Å². The molecular formula is C15H30O17. The van der Waals surface area contributed by atoms with Crippen LogP contribution in [0.15, 0.2) is 0 Å². The van der Waals surface area contributed by atoms with Crippen LogP contribution < -0.4 is 0 Å². The first-order valence-corrected chi connectivity index (χ1v) is 8.82. The maximum atomic E-state index is 10.8. The molecule has 0 saturated heterocycles. The van der Waals surface area contributed by atoms with Crippen molar-refractivity contribution >= 4 is 0 Å². The maximum absolute atomic E-state index is 10.8. The van der Waals surface area contributed by atoms with Gasteiger partial charge in [-0.15, -0.1) is 0 Å². The van der Waals surface area contributed by atoms with E-state index in [1.54, 1.807) is 0 Å². The Morgan fingerprint density at radius 1 is 0.562 bits per heavy atom. The van der Waals surface area contributed by atoms with Crippen molar-refractivity contribution in [2.75, 3.05) is 0 Å². The van der Waals surface area contributed by atoms with Crippen LogP contribution in [0.5, 0.6) is 0 Å². The summed E-state index contributed by atoms with van der Waals surface area (Å²) in [6, 6.07) is 0. The Labute approximate surface area is 178 Å². The third-order valence-electron chi connectivity index (χ3n) is 7.03. The molecule has 1 rings (SSSR count). The average Bonchev–Trinajstić information content (AvgIpc) is 2.54. The Morgan fingerprint density at radius 3 is 1.16 bits per heavy atom. The highest BCUT2D eigenvalue weighted by atomic mass is 16.7. The van der Waals surface area contributed by atoms with Gasteiger partial charge in [-0.25, -0.2) is 0 Å². The van der Waals surface area contributed by atoms with Gasteiger partial charge < -0.3 is 86.8 Å². The van der Waals surface area contributed by atoms with Crippen molar-refractivity contribution in [3.8, 4) is 0 Å². The second kappa shape index (κ2) is 6.93. The highest BCUT2D eigenvalue weighted by Crippen LogP contribution is 2.64. The molecule has 0 aromatic heterocycles. The molecule has 192 valence electrons. The molecule has 0 radical (unpaired) electrons. The van der Waals surface area contributed by atoms with Crippen molar-refractivity contribution in [1.82, 2.24) is 0 Å². The van der Waals surface area contributed by atoms with Crippen molar-refractivity contribution in [2.24, 2.45) is 10.8 Å². The summed E-state index contributed by atoms with van der Waals surface area (Å²) in [6.45, 7) is 1.03. The van der Waals surface area contributed by atoms with E-state index in [-0.39, 0.29) is 13.8 Å². The molecule has 2 unspecified atom stereocenters. The normalized spacial score (nSPS) is 32.6. The van der Waals surface area contributed by atoms with Gasteiger partial charge in [-0.05, 0) is 20.3 Å². The molecule has 0 amide bonds. The minimum Gasteiger partial charge on any atom is -0.384 e. The molecule has 17 nitrogen and oxygen atoms in total. The van der Waals surface area contributed by atoms with E-state index < -0.39 is 70.2 Å². The molecule has 1 aliphatic rings. The van der Waals surface area contributed by atoms with Crippen LogP contribution in [-0.4, -0.2) is 133 Å². The van der Waals surface area contributed by atoms with E-state index in [0.717, 1.165) is 6.92 Å². The van der Waals surface area contributed by atoms with Crippen LogP contribution in [0.25, 0.3) is 0 Å². The molecule has 17 heteroatoms. The monoisotopic (exact) mass is 482 g/mol. The highest BCUT2D eigenvalue weighted by Gasteiger charge is 2.89. The van der Waals surface area contributed by atoms with Crippen LogP contribution in [0, 0.1) is 10.8 Å². The summed E-state index contributed by atoms with van der Waals surface area (Å²) in [5, 5.41) is 170. The molecule has 17 N–H and O–H groups in total. The largest absolute Gasteiger partial charge is 0.384 e. The maximum Gasteiger partial charge on any atom is 0.294 e. The van der Waals surface area contributed by atoms with Gasteiger partial charge in [0.15, 0.2) is 11.2 Å². The number of hydrogen-bond acceptors (Lipinski definition) is 17. The minimum absolute atomic E-state index is 0.00297. The van der Waals surface area contributed by atoms with E-state index in [2.05, 4.69) is 0 Å². The van der Waals surface area contributed by atoms with Crippen molar-refractivity contribution in [2.45, 2.75) is 80.1 Å². The van der Waals surface area contributed by atoms with Gasteiger partial charge in [0.25, 0.3) is 29.3 Å². The molecule has 32 heavy (non-hydrogen) atoms. The van der Waals surface area contributed by atoms with Gasteiger partial charge in [-0.3, -0.25) is 0 Å². The van der Waals surface area contributed by atoms with Crippen molar-refractivity contribution in [3.63, 3.8) is 0 Å². The van der Waals surface area contributed by atoms with Gasteiger partial charge in [-0.1, -0.05) is 6.92 Å². The van der Waals surface area contributed by atoms with Crippen LogP contribution >= 0.6 is 0 Å². The summed E-state index contributed by atoms with van der Waals surface area (Å²) in [7, 11) is 0. The first-order valence-electron chi connectivity index (χ1n) is 8.82. The second-order valence-electron chi connectivity index (χ2n) is 8.59. The van der Waals surface area contributed by atoms with E-state index in [1.165, 1.54) is 0 Å². The Morgan fingerprint density at radius 2 is 0.875 bits per heavy atom. The Bertz CT molecular complexity index is 679. The van der Waals surface area contributed by atoms with Crippen LogP contribution in [0.4, 0.5) is 0 Å². The Hall–Kier alpha value is -0.680. The van der Waals surface area contributed by atoms with Gasteiger partial charge >= 0.3 is 0 Å². The molecule has 0 heterocycles. The second-order valence-corrected chi connectivity index (χ2v) is 8.59. The van der Waals surface area contributed by atoms with Gasteiger partial charge in [0.05, 0.1) is 5.41 Å². The summed E-state index contributed by atoms with van der Waals surface area (Å²) in [4.78, 5) is 0. The Kier molecular flexibility index (Phi) is 6.36. The lowest BCUT2D eigenvalue weighted by Crippen LogP contribution is -2.93. The lowest BCUT2D eigenvalue weighted by atomic mass is 9.49. The zero-order valence-electron chi connectivity index (χ0n) is 17.0. The third kappa shape index (κ3) is 2.95. The minimum atomic E-state index is -4.84. The van der Waals surface area contributed by atoms with Gasteiger partial charge in [0.1, 0.15) is 5.60 Å². The first kappa shape index (κ1) is 29.4. The quantitative estimate of drug-likeness (QED) is 0.156. The summed E-state index contributed by atoms with van der Waals surface area (Å²) in [6.07, 6.45) is -3.40. The van der Waals surface area contributed by atoms with E-state index in [4.69, 9.17) is 0 Å². The SMILES string of the molecule is CCC1(CC(O)(O)C(C)(C(O)(O)O)C(O)(O)O)C(C)(O)C(O)(O)C(O)(O)C(O)(O)C1(O)O. The molecule has 1 fully saturated rings. The summed E-state index contributed by atoms with van der Waals surface area (Å²) >= 11 is 0. The zero-order chi connectivity index (χ0) is 26.4. The van der Waals surface area contributed by atoms with Crippen molar-refractivity contribution in [3.05, 3.63) is 0 Å². The van der Waals surface area contributed by atoms with E-state index in [9.17, 15) is 86.8 Å². The van der Waals surface area contributed by atoms with E-state index in [0.29, 0.717) is 0 Å². The summed E-state index contributed by atoms with van der Waals surface area (Å²) < 4.78 is 0. The predicted octanol–water partition coefficient (Wildman–Crippen LogP) is -8.79. The van der Waals surface area contributed by atoms with Gasteiger partial charge in [0, 0.05) is 6.42 Å². The van der Waals surface area contributed by atoms with E-state index >= 15 is 0 Å². The zero-order valence-corrected chi connectivity index (χ0v) is 17.0. The molecular weight excluding hydrogens is 452 g/mol. The van der Waals surface area contributed by atoms with Crippen molar-refractivity contribution < 1.29 is 86.8 Å². The molecule has 1 saturated carbocycles. The lowest BCUT2D eigenvalue weighted by molar-refractivity contribution is -0.590. The molecule has 2 atom stereocenters. The summed E-state index contributed by atoms with van der Waals surface area (Å²) in [5.74, 6) is -32.4. The van der Waals surface area contributed by atoms with Crippen LogP contribution in [0.3, 0.4) is 0 Å². The van der Waals surface area contributed by atoms with Crippen LogP contribution in [0.2, 0.25) is 0 Å². The third-order valence-corrected chi connectivity index (χ3v) is 7.03. The fourth-order valence-electron chi connectivity index (χ4n) is 4.20. The molecule has 0 spiro atoms. The number of hydrogen-bond donors (Lipinski definition) is 17. The fourth-order valence-corrected chi connectivity index (χ4v) is 4.20.